The molecule has 5 aliphatic rings. The molecule has 8 rings (SSSR count). The van der Waals surface area contributed by atoms with Gasteiger partial charge >= 0.3 is 0 Å². The van der Waals surface area contributed by atoms with Crippen LogP contribution in [0.3, 0.4) is 0 Å². The molecule has 3 saturated carbocycles. The fourth-order valence-electron chi connectivity index (χ4n) is 9.04. The van der Waals surface area contributed by atoms with Gasteiger partial charge in [-0.2, -0.15) is 8.42 Å². The minimum Gasteiger partial charge on any atom is -0.477 e. The maximum absolute atomic E-state index is 13.7. The Morgan fingerprint density at radius 1 is 1.00 bits per heavy atom. The van der Waals surface area contributed by atoms with Crippen LogP contribution in [-0.4, -0.2) is 59.3 Å². The molecule has 0 unspecified atom stereocenters. The van der Waals surface area contributed by atoms with Gasteiger partial charge in [0.15, 0.2) is 10.8 Å². The Hall–Kier alpha value is -3.67. The molecule has 3 aromatic rings. The zero-order valence-electron chi connectivity index (χ0n) is 26.2. The highest BCUT2D eigenvalue weighted by Gasteiger charge is 2.85. The van der Waals surface area contributed by atoms with Gasteiger partial charge in [-0.1, -0.05) is 13.0 Å². The molecule has 1 saturated heterocycles. The van der Waals surface area contributed by atoms with Gasteiger partial charge in [0.2, 0.25) is 5.88 Å². The van der Waals surface area contributed by atoms with E-state index in [9.17, 15) is 13.2 Å². The summed E-state index contributed by atoms with van der Waals surface area (Å²) in [4.78, 5) is 25.1. The molecular formula is C33H41N7O4S. The van der Waals surface area contributed by atoms with Gasteiger partial charge in [0.25, 0.3) is 15.9 Å². The van der Waals surface area contributed by atoms with Crippen molar-refractivity contribution >= 4 is 27.6 Å². The van der Waals surface area contributed by atoms with Crippen molar-refractivity contribution in [2.24, 2.45) is 22.2 Å². The number of nitrogens with one attached hydrogen (secondary N) is 2. The number of hydrogen-bond acceptors (Lipinski definition) is 9. The van der Waals surface area contributed by atoms with Crippen LogP contribution in [0.2, 0.25) is 0 Å². The maximum atomic E-state index is 13.7. The van der Waals surface area contributed by atoms with Crippen molar-refractivity contribution in [3.05, 3.63) is 48.2 Å². The summed E-state index contributed by atoms with van der Waals surface area (Å²) in [6, 6.07) is 9.90. The lowest BCUT2D eigenvalue weighted by molar-refractivity contribution is 0.0981. The first-order valence-electron chi connectivity index (χ1n) is 16.2. The summed E-state index contributed by atoms with van der Waals surface area (Å²) in [5.74, 6) is 2.03. The van der Waals surface area contributed by atoms with Crippen molar-refractivity contribution in [2.45, 2.75) is 82.7 Å². The van der Waals surface area contributed by atoms with E-state index in [1.54, 1.807) is 28.9 Å². The van der Waals surface area contributed by atoms with Gasteiger partial charge in [0, 0.05) is 30.9 Å². The second kappa shape index (κ2) is 9.67. The Labute approximate surface area is 264 Å². The van der Waals surface area contributed by atoms with Gasteiger partial charge < -0.3 is 15.0 Å². The lowest BCUT2D eigenvalue weighted by Gasteiger charge is -2.33. The van der Waals surface area contributed by atoms with E-state index in [1.165, 1.54) is 31.7 Å². The van der Waals surface area contributed by atoms with Crippen molar-refractivity contribution in [1.82, 2.24) is 24.5 Å². The number of aromatic nitrogens is 4. The van der Waals surface area contributed by atoms with Crippen molar-refractivity contribution < 1.29 is 17.9 Å². The number of amides is 1. The molecule has 11 nitrogen and oxygen atoms in total. The lowest BCUT2D eigenvalue weighted by Crippen LogP contribution is -2.41. The molecule has 3 aromatic heterocycles. The van der Waals surface area contributed by atoms with Crippen molar-refractivity contribution in [2.75, 3.05) is 29.9 Å². The van der Waals surface area contributed by atoms with E-state index in [4.69, 9.17) is 9.72 Å². The number of carbonyl (C=O) groups excluding carboxylic acids is 1. The van der Waals surface area contributed by atoms with Gasteiger partial charge in [0.1, 0.15) is 11.6 Å². The summed E-state index contributed by atoms with van der Waals surface area (Å²) in [5, 5.41) is 7.68. The average molecular weight is 632 g/mol. The highest BCUT2D eigenvalue weighted by molar-refractivity contribution is 7.90. The molecule has 4 fully saturated rings. The van der Waals surface area contributed by atoms with Gasteiger partial charge in [-0.25, -0.2) is 19.4 Å². The number of nitrogens with zero attached hydrogens (tertiary/aromatic N) is 5. The Morgan fingerprint density at radius 3 is 2.53 bits per heavy atom. The number of hydrogen-bond donors (Lipinski definition) is 2. The van der Waals surface area contributed by atoms with Crippen LogP contribution in [0.5, 0.6) is 5.88 Å². The largest absolute Gasteiger partial charge is 0.477 e. The molecular weight excluding hydrogens is 590 g/mol. The van der Waals surface area contributed by atoms with Crippen LogP contribution in [0, 0.1) is 22.2 Å². The van der Waals surface area contributed by atoms with E-state index in [0.717, 1.165) is 31.6 Å². The third kappa shape index (κ3) is 4.78. The molecule has 1 amide bonds. The second-order valence-electron chi connectivity index (χ2n) is 14.9. The van der Waals surface area contributed by atoms with E-state index in [-0.39, 0.29) is 21.5 Å². The zero-order valence-corrected chi connectivity index (χ0v) is 27.0. The molecule has 12 heteroatoms. The van der Waals surface area contributed by atoms with Crippen LogP contribution in [0.4, 0.5) is 11.6 Å². The van der Waals surface area contributed by atoms with Crippen LogP contribution >= 0.6 is 0 Å². The van der Waals surface area contributed by atoms with Crippen LogP contribution in [-0.2, 0) is 10.0 Å². The number of ether oxygens (including phenoxy) is 1. The Balaban J connectivity index is 1.09. The molecule has 2 aliphatic heterocycles. The molecule has 5 heterocycles. The molecule has 4 bridgehead atoms. The monoisotopic (exact) mass is 631 g/mol. The van der Waals surface area contributed by atoms with Crippen LogP contribution in [0.1, 0.15) is 82.5 Å². The summed E-state index contributed by atoms with van der Waals surface area (Å²) >= 11 is 0. The predicted octanol–water partition coefficient (Wildman–Crippen LogP) is 4.94. The third-order valence-corrected chi connectivity index (χ3v) is 12.5. The molecule has 238 valence electrons. The normalized spacial score (nSPS) is 26.7. The highest BCUT2D eigenvalue weighted by Crippen LogP contribution is 2.93. The Morgan fingerprint density at radius 2 is 1.78 bits per heavy atom. The minimum atomic E-state index is -4.23. The number of rotatable bonds is 5. The van der Waals surface area contributed by atoms with Gasteiger partial charge in [-0.15, -0.1) is 5.10 Å². The third-order valence-electron chi connectivity index (χ3n) is 11.3. The molecule has 3 aliphatic carbocycles. The number of sulfonamides is 1. The highest BCUT2D eigenvalue weighted by atomic mass is 32.2. The predicted molar refractivity (Wildman–Crippen MR) is 169 cm³/mol. The van der Waals surface area contributed by atoms with Crippen LogP contribution in [0.15, 0.2) is 47.6 Å². The second-order valence-corrected chi connectivity index (χ2v) is 16.5. The summed E-state index contributed by atoms with van der Waals surface area (Å²) < 4.78 is 36.5. The molecule has 2 N–H and O–H groups in total. The SMILES string of the molecule is CC1(C)C[C@]2(C)CCCNc3cccc(n3)S(=O)(=O)NC(=O)c3ccc(-n4ccc(OCCC5C6(CC6)C56CC6)n4)nc3N1C2. The molecule has 0 aromatic carbocycles. The Bertz CT molecular complexity index is 1780. The van der Waals surface area contributed by atoms with E-state index in [2.05, 4.69) is 45.8 Å². The average Bonchev–Trinajstić information content (AvgIpc) is 3.95. The molecule has 0 radical (unpaired) electrons. The van der Waals surface area contributed by atoms with E-state index < -0.39 is 15.9 Å². The quantitative estimate of drug-likeness (QED) is 0.402. The zero-order chi connectivity index (χ0) is 31.2. The minimum absolute atomic E-state index is 0.0372. The standard InChI is InChI=1S/C33H41N7O4S/c1-30(2)20-31(3)12-5-17-34-24-6-4-7-27(35-24)45(42,43)38-29(41)22-8-9-25(36-28(22)39(30)21-31)40-18-10-26(37-40)44-19-11-23-32(13-14-32)33(23)15-16-33/h4,6-10,18,23H,5,11-17,19-21H2,1-3H3,(H,34,35)(H,38,41)/t31-/m0/s1. The summed E-state index contributed by atoms with van der Waals surface area (Å²) in [6.07, 6.45) is 11.2. The Kier molecular flexibility index (Phi) is 6.18. The molecule has 45 heavy (non-hydrogen) atoms. The van der Waals surface area contributed by atoms with Gasteiger partial charge in [-0.3, -0.25) is 4.79 Å². The molecule has 2 spiro atoms. The smallest absolute Gasteiger partial charge is 0.281 e. The summed E-state index contributed by atoms with van der Waals surface area (Å²) in [7, 11) is -4.23. The topological polar surface area (TPSA) is 131 Å². The number of pyridine rings is 2. The summed E-state index contributed by atoms with van der Waals surface area (Å²) in [5.41, 5.74) is 1.14. The van der Waals surface area contributed by atoms with E-state index in [0.29, 0.717) is 53.9 Å². The lowest BCUT2D eigenvalue weighted by atomic mass is 9.80. The number of anilines is 2. The number of fused-ring (bicyclic) bond motifs is 7. The van der Waals surface area contributed by atoms with Crippen LogP contribution in [0.25, 0.3) is 5.82 Å². The van der Waals surface area contributed by atoms with E-state index >= 15 is 0 Å². The maximum Gasteiger partial charge on any atom is 0.281 e. The number of carbonyl (C=O) groups is 1. The van der Waals surface area contributed by atoms with Crippen LogP contribution < -0.4 is 19.7 Å². The van der Waals surface area contributed by atoms with Crippen molar-refractivity contribution in [1.29, 1.82) is 0 Å². The van der Waals surface area contributed by atoms with Crippen molar-refractivity contribution in [3.8, 4) is 11.7 Å². The first kappa shape index (κ1) is 28.8. The van der Waals surface area contributed by atoms with Gasteiger partial charge in [-0.05, 0) is 112 Å². The fraction of sp³-hybridized carbons (Fsp3) is 0.576. The van der Waals surface area contributed by atoms with Crippen molar-refractivity contribution in [3.63, 3.8) is 0 Å². The first-order chi connectivity index (χ1) is 21.4. The summed E-state index contributed by atoms with van der Waals surface area (Å²) in [6.45, 7) is 8.56. The fourth-order valence-corrected chi connectivity index (χ4v) is 9.98. The van der Waals surface area contributed by atoms with Gasteiger partial charge in [0.05, 0.1) is 12.2 Å². The first-order valence-corrected chi connectivity index (χ1v) is 17.7. The van der Waals surface area contributed by atoms with E-state index in [1.807, 2.05) is 12.3 Å². The molecule has 1 atom stereocenters.